The Kier molecular flexibility index (Phi) is 6.22. The van der Waals surface area contributed by atoms with Crippen molar-refractivity contribution in [2.45, 2.75) is 46.5 Å². The van der Waals surface area contributed by atoms with Crippen molar-refractivity contribution < 1.29 is 4.79 Å². The fraction of sp³-hybridized carbons (Fsp3) is 0.667. The van der Waals surface area contributed by atoms with Crippen molar-refractivity contribution in [3.05, 3.63) is 24.0 Å². The normalized spacial score (nSPS) is 18.3. The lowest BCUT2D eigenvalue weighted by Gasteiger charge is -2.32. The van der Waals surface area contributed by atoms with E-state index < -0.39 is 0 Å². The molecular formula is C18H29N3O. The van der Waals surface area contributed by atoms with Crippen LogP contribution in [-0.2, 0) is 0 Å². The fourth-order valence-electron chi connectivity index (χ4n) is 3.14. The molecule has 1 fully saturated rings. The molecule has 122 valence electrons. The van der Waals surface area contributed by atoms with Gasteiger partial charge in [-0.15, -0.1) is 0 Å². The third-order valence-electron chi connectivity index (χ3n) is 4.26. The first-order valence-electron chi connectivity index (χ1n) is 8.66. The van der Waals surface area contributed by atoms with Gasteiger partial charge < -0.3 is 9.80 Å². The molecule has 0 aromatic carbocycles. The first kappa shape index (κ1) is 16.8. The Labute approximate surface area is 134 Å². The minimum atomic E-state index is 0.0577. The average molecular weight is 303 g/mol. The molecule has 4 heteroatoms. The van der Waals surface area contributed by atoms with E-state index in [0.717, 1.165) is 50.6 Å². The number of amides is 1. The molecule has 2 heterocycles. The van der Waals surface area contributed by atoms with E-state index in [4.69, 9.17) is 0 Å². The maximum atomic E-state index is 12.5. The van der Waals surface area contributed by atoms with Crippen LogP contribution in [0, 0.1) is 5.92 Å². The third kappa shape index (κ3) is 4.21. The second kappa shape index (κ2) is 8.16. The summed E-state index contributed by atoms with van der Waals surface area (Å²) in [5.41, 5.74) is 1.70. The molecule has 0 saturated carbocycles. The molecule has 0 bridgehead atoms. The number of rotatable bonds is 6. The largest absolute Gasteiger partial charge is 0.370 e. The summed E-state index contributed by atoms with van der Waals surface area (Å²) in [6.45, 7) is 10.3. The van der Waals surface area contributed by atoms with Gasteiger partial charge >= 0.3 is 0 Å². The third-order valence-corrected chi connectivity index (χ3v) is 4.26. The van der Waals surface area contributed by atoms with Crippen LogP contribution in [0.1, 0.15) is 56.9 Å². The smallest absolute Gasteiger partial charge is 0.272 e. The van der Waals surface area contributed by atoms with Crippen LogP contribution in [0.15, 0.2) is 18.3 Å². The molecule has 22 heavy (non-hydrogen) atoms. The van der Waals surface area contributed by atoms with E-state index in [-0.39, 0.29) is 5.91 Å². The van der Waals surface area contributed by atoms with Crippen LogP contribution < -0.4 is 4.90 Å². The molecule has 1 aliphatic heterocycles. The zero-order chi connectivity index (χ0) is 15.9. The van der Waals surface area contributed by atoms with Gasteiger partial charge in [0, 0.05) is 26.2 Å². The number of carbonyl (C=O) groups excluding carboxylic acids is 1. The molecule has 0 radical (unpaired) electrons. The lowest BCUT2D eigenvalue weighted by atomic mass is 10.00. The number of piperidine rings is 1. The van der Waals surface area contributed by atoms with Gasteiger partial charge in [-0.3, -0.25) is 4.79 Å². The summed E-state index contributed by atoms with van der Waals surface area (Å²) in [6.07, 6.45) is 6.37. The molecular weight excluding hydrogens is 274 g/mol. The number of anilines is 1. The summed E-state index contributed by atoms with van der Waals surface area (Å²) in [6, 6.07) is 3.93. The van der Waals surface area contributed by atoms with E-state index in [2.05, 4.69) is 30.7 Å². The molecule has 0 aliphatic carbocycles. The number of carbonyl (C=O) groups is 1. The van der Waals surface area contributed by atoms with Crippen LogP contribution in [0.2, 0.25) is 0 Å². The highest BCUT2D eigenvalue weighted by Gasteiger charge is 2.19. The molecule has 1 amide bonds. The minimum Gasteiger partial charge on any atom is -0.370 e. The zero-order valence-electron chi connectivity index (χ0n) is 14.2. The maximum absolute atomic E-state index is 12.5. The summed E-state index contributed by atoms with van der Waals surface area (Å²) in [7, 11) is 0. The van der Waals surface area contributed by atoms with Crippen LogP contribution in [0.5, 0.6) is 0 Å². The van der Waals surface area contributed by atoms with Crippen molar-refractivity contribution in [3.8, 4) is 0 Å². The molecule has 4 nitrogen and oxygen atoms in total. The van der Waals surface area contributed by atoms with Gasteiger partial charge in [-0.05, 0) is 43.7 Å². The molecule has 1 aromatic rings. The van der Waals surface area contributed by atoms with Crippen molar-refractivity contribution >= 4 is 11.6 Å². The van der Waals surface area contributed by atoms with E-state index in [0.29, 0.717) is 5.69 Å². The number of aromatic nitrogens is 1. The summed E-state index contributed by atoms with van der Waals surface area (Å²) >= 11 is 0. The summed E-state index contributed by atoms with van der Waals surface area (Å²) in [5.74, 6) is 0.793. The average Bonchev–Trinajstić information content (AvgIpc) is 2.54. The van der Waals surface area contributed by atoms with Gasteiger partial charge in [0.2, 0.25) is 0 Å². The second-order valence-corrected chi connectivity index (χ2v) is 6.39. The van der Waals surface area contributed by atoms with Crippen LogP contribution in [0.3, 0.4) is 0 Å². The van der Waals surface area contributed by atoms with Crippen molar-refractivity contribution in [2.75, 3.05) is 31.1 Å². The first-order valence-corrected chi connectivity index (χ1v) is 8.66. The first-order chi connectivity index (χ1) is 10.7. The highest BCUT2D eigenvalue weighted by Crippen LogP contribution is 2.22. The minimum absolute atomic E-state index is 0.0577. The number of nitrogens with zero attached hydrogens (tertiary/aromatic N) is 3. The second-order valence-electron chi connectivity index (χ2n) is 6.39. The summed E-state index contributed by atoms with van der Waals surface area (Å²) < 4.78 is 0. The fourth-order valence-corrected chi connectivity index (χ4v) is 3.14. The topological polar surface area (TPSA) is 36.4 Å². The highest BCUT2D eigenvalue weighted by molar-refractivity contribution is 5.92. The summed E-state index contributed by atoms with van der Waals surface area (Å²) in [4.78, 5) is 21.2. The Balaban J connectivity index is 2.05. The van der Waals surface area contributed by atoms with Crippen molar-refractivity contribution in [1.82, 2.24) is 9.88 Å². The van der Waals surface area contributed by atoms with E-state index in [1.807, 2.05) is 23.2 Å². The molecule has 2 rings (SSSR count). The molecule has 1 saturated heterocycles. The predicted octanol–water partition coefficient (Wildman–Crippen LogP) is 3.58. The van der Waals surface area contributed by atoms with Crippen LogP contribution in [-0.4, -0.2) is 42.0 Å². The summed E-state index contributed by atoms with van der Waals surface area (Å²) in [5, 5.41) is 0. The Morgan fingerprint density at radius 3 is 2.59 bits per heavy atom. The van der Waals surface area contributed by atoms with Crippen molar-refractivity contribution in [2.24, 2.45) is 5.92 Å². The van der Waals surface area contributed by atoms with Gasteiger partial charge in [0.1, 0.15) is 5.69 Å². The Morgan fingerprint density at radius 1 is 1.32 bits per heavy atom. The number of hydrogen-bond acceptors (Lipinski definition) is 3. The van der Waals surface area contributed by atoms with E-state index in [1.54, 1.807) is 0 Å². The van der Waals surface area contributed by atoms with Gasteiger partial charge in [0.25, 0.3) is 5.91 Å². The maximum Gasteiger partial charge on any atom is 0.272 e. The molecule has 0 N–H and O–H groups in total. The van der Waals surface area contributed by atoms with Gasteiger partial charge in [-0.1, -0.05) is 20.8 Å². The van der Waals surface area contributed by atoms with Gasteiger partial charge in [0.05, 0.1) is 11.9 Å². The standard InChI is InChI=1S/C18H29N3O/c1-4-10-20(11-5-2)18(22)17-9-8-16(13-19-17)21-12-6-7-15(3)14-21/h8-9,13,15H,4-7,10-12,14H2,1-3H3. The molecule has 1 atom stereocenters. The van der Waals surface area contributed by atoms with Crippen molar-refractivity contribution in [1.29, 1.82) is 0 Å². The molecule has 0 spiro atoms. The Bertz CT molecular complexity index is 466. The van der Waals surface area contributed by atoms with Crippen LogP contribution in [0.25, 0.3) is 0 Å². The highest BCUT2D eigenvalue weighted by atomic mass is 16.2. The van der Waals surface area contributed by atoms with Crippen LogP contribution in [0.4, 0.5) is 5.69 Å². The quantitative estimate of drug-likeness (QED) is 0.806. The predicted molar refractivity (Wildman–Crippen MR) is 91.3 cm³/mol. The monoisotopic (exact) mass is 303 g/mol. The SMILES string of the molecule is CCCN(CCC)C(=O)c1ccc(N2CCCC(C)C2)cn1. The zero-order valence-corrected chi connectivity index (χ0v) is 14.2. The number of pyridine rings is 1. The van der Waals surface area contributed by atoms with Crippen molar-refractivity contribution in [3.63, 3.8) is 0 Å². The lowest BCUT2D eigenvalue weighted by Crippen LogP contribution is -2.35. The molecule has 1 aromatic heterocycles. The number of hydrogen-bond donors (Lipinski definition) is 0. The van der Waals surface area contributed by atoms with E-state index >= 15 is 0 Å². The lowest BCUT2D eigenvalue weighted by molar-refractivity contribution is 0.0749. The van der Waals surface area contributed by atoms with E-state index in [1.165, 1.54) is 12.8 Å². The molecule has 1 aliphatic rings. The molecule has 1 unspecified atom stereocenters. The Morgan fingerprint density at radius 2 is 2.05 bits per heavy atom. The van der Waals surface area contributed by atoms with Crippen LogP contribution >= 0.6 is 0 Å². The van der Waals surface area contributed by atoms with Gasteiger partial charge in [-0.25, -0.2) is 4.98 Å². The Hall–Kier alpha value is -1.58. The van der Waals surface area contributed by atoms with Gasteiger partial charge in [0.15, 0.2) is 0 Å². The van der Waals surface area contributed by atoms with E-state index in [9.17, 15) is 4.79 Å². The van der Waals surface area contributed by atoms with Gasteiger partial charge in [-0.2, -0.15) is 0 Å².